The van der Waals surface area contributed by atoms with Crippen LogP contribution in [0.25, 0.3) is 11.3 Å². The molecule has 0 aliphatic carbocycles. The lowest BCUT2D eigenvalue weighted by Gasteiger charge is -2.09. The molecule has 0 spiro atoms. The number of allylic oxidation sites excluding steroid dienone is 1. The second-order valence-electron chi connectivity index (χ2n) is 7.35. The van der Waals surface area contributed by atoms with Crippen LogP contribution >= 0.6 is 0 Å². The van der Waals surface area contributed by atoms with Crippen molar-refractivity contribution in [2.75, 3.05) is 6.61 Å². The summed E-state index contributed by atoms with van der Waals surface area (Å²) in [5, 5.41) is 0. The monoisotopic (exact) mass is 383 g/mol. The SMILES string of the molecule is C=CCCc1ccc(-c2ccc(OCCCCCCCCCC)c(F)c2)nc1. The van der Waals surface area contributed by atoms with Crippen molar-refractivity contribution in [1.29, 1.82) is 0 Å². The van der Waals surface area contributed by atoms with Crippen molar-refractivity contribution in [2.45, 2.75) is 71.1 Å². The van der Waals surface area contributed by atoms with Crippen LogP contribution in [0, 0.1) is 5.82 Å². The number of benzene rings is 1. The van der Waals surface area contributed by atoms with Gasteiger partial charge in [0.05, 0.1) is 12.3 Å². The van der Waals surface area contributed by atoms with Crippen LogP contribution < -0.4 is 4.74 Å². The minimum atomic E-state index is -0.324. The van der Waals surface area contributed by atoms with Crippen LogP contribution in [-0.4, -0.2) is 11.6 Å². The topological polar surface area (TPSA) is 22.1 Å². The molecule has 0 bridgehead atoms. The minimum absolute atomic E-state index is 0.324. The van der Waals surface area contributed by atoms with Crippen molar-refractivity contribution in [3.05, 3.63) is 60.6 Å². The van der Waals surface area contributed by atoms with Crippen LogP contribution in [0.1, 0.15) is 70.3 Å². The molecule has 28 heavy (non-hydrogen) atoms. The van der Waals surface area contributed by atoms with Crippen LogP contribution in [0.15, 0.2) is 49.2 Å². The molecular weight excluding hydrogens is 349 g/mol. The predicted molar refractivity (Wildman–Crippen MR) is 116 cm³/mol. The van der Waals surface area contributed by atoms with Gasteiger partial charge in [0.2, 0.25) is 0 Å². The maximum atomic E-state index is 14.4. The Hall–Kier alpha value is -2.16. The third-order valence-electron chi connectivity index (χ3n) is 4.94. The molecule has 152 valence electrons. The zero-order valence-corrected chi connectivity index (χ0v) is 17.3. The van der Waals surface area contributed by atoms with E-state index in [2.05, 4.69) is 18.5 Å². The highest BCUT2D eigenvalue weighted by atomic mass is 19.1. The summed E-state index contributed by atoms with van der Waals surface area (Å²) in [6, 6.07) is 9.07. The quantitative estimate of drug-likeness (QED) is 0.248. The third kappa shape index (κ3) is 7.84. The smallest absolute Gasteiger partial charge is 0.165 e. The van der Waals surface area contributed by atoms with Gasteiger partial charge in [-0.1, -0.05) is 64.0 Å². The molecule has 0 atom stereocenters. The molecule has 0 fully saturated rings. The van der Waals surface area contributed by atoms with Gasteiger partial charge in [0.1, 0.15) is 0 Å². The molecule has 3 heteroatoms. The zero-order valence-electron chi connectivity index (χ0n) is 17.3. The number of hydrogen-bond donors (Lipinski definition) is 0. The Bertz CT molecular complexity index is 696. The summed E-state index contributed by atoms with van der Waals surface area (Å²) in [5.41, 5.74) is 2.71. The molecular formula is C25H34FNO. The van der Waals surface area contributed by atoms with E-state index in [-0.39, 0.29) is 5.82 Å². The van der Waals surface area contributed by atoms with Crippen molar-refractivity contribution in [3.63, 3.8) is 0 Å². The molecule has 0 radical (unpaired) electrons. The van der Waals surface area contributed by atoms with Gasteiger partial charge in [-0.3, -0.25) is 4.98 Å². The number of pyridine rings is 1. The van der Waals surface area contributed by atoms with Crippen molar-refractivity contribution in [2.24, 2.45) is 0 Å². The fourth-order valence-electron chi connectivity index (χ4n) is 3.21. The number of ether oxygens (including phenoxy) is 1. The largest absolute Gasteiger partial charge is 0.491 e. The molecule has 0 saturated heterocycles. The van der Waals surface area contributed by atoms with Crippen LogP contribution in [0.2, 0.25) is 0 Å². The standard InChI is InChI=1S/C25H34FNO/c1-3-5-7-8-9-10-11-12-18-28-25-17-15-22(19-23(25)26)24-16-14-21(20-27-24)13-6-4-2/h4,14-17,19-20H,2-3,5-13,18H2,1H3. The average Bonchev–Trinajstić information content (AvgIpc) is 2.72. The van der Waals surface area contributed by atoms with Crippen LogP contribution in [0.3, 0.4) is 0 Å². The van der Waals surface area contributed by atoms with Gasteiger partial charge in [0.25, 0.3) is 0 Å². The fraction of sp³-hybridized carbons (Fsp3) is 0.480. The van der Waals surface area contributed by atoms with E-state index in [9.17, 15) is 4.39 Å². The molecule has 0 saturated carbocycles. The summed E-state index contributed by atoms with van der Waals surface area (Å²) < 4.78 is 20.0. The summed E-state index contributed by atoms with van der Waals surface area (Å²) in [5.74, 6) is 0.00361. The lowest BCUT2D eigenvalue weighted by molar-refractivity contribution is 0.290. The molecule has 1 heterocycles. The molecule has 0 aliphatic heterocycles. The van der Waals surface area contributed by atoms with Gasteiger partial charge in [-0.15, -0.1) is 6.58 Å². The number of hydrogen-bond acceptors (Lipinski definition) is 2. The predicted octanol–water partition coefficient (Wildman–Crippen LogP) is 7.53. The van der Waals surface area contributed by atoms with Crippen molar-refractivity contribution in [3.8, 4) is 17.0 Å². The molecule has 0 amide bonds. The van der Waals surface area contributed by atoms with Crippen LogP contribution in [0.4, 0.5) is 4.39 Å². The molecule has 0 N–H and O–H groups in total. The van der Waals surface area contributed by atoms with E-state index < -0.39 is 0 Å². The first kappa shape index (κ1) is 22.1. The number of rotatable bonds is 14. The fourth-order valence-corrected chi connectivity index (χ4v) is 3.21. The van der Waals surface area contributed by atoms with E-state index in [1.807, 2.05) is 30.5 Å². The second-order valence-corrected chi connectivity index (χ2v) is 7.35. The first-order valence-corrected chi connectivity index (χ1v) is 10.7. The van der Waals surface area contributed by atoms with Gasteiger partial charge >= 0.3 is 0 Å². The molecule has 2 aromatic rings. The lowest BCUT2D eigenvalue weighted by atomic mass is 10.1. The summed E-state index contributed by atoms with van der Waals surface area (Å²) in [6.07, 6.45) is 15.6. The van der Waals surface area contributed by atoms with E-state index in [0.29, 0.717) is 12.4 Å². The Kier molecular flexibility index (Phi) is 10.3. The van der Waals surface area contributed by atoms with Gasteiger partial charge in [-0.05, 0) is 49.1 Å². The Morgan fingerprint density at radius 1 is 1.00 bits per heavy atom. The minimum Gasteiger partial charge on any atom is -0.491 e. The number of aryl methyl sites for hydroxylation is 1. The Morgan fingerprint density at radius 2 is 1.75 bits per heavy atom. The van der Waals surface area contributed by atoms with E-state index in [0.717, 1.165) is 42.5 Å². The molecule has 0 aliphatic rings. The van der Waals surface area contributed by atoms with Crippen LogP contribution in [-0.2, 0) is 6.42 Å². The normalized spacial score (nSPS) is 10.8. The van der Waals surface area contributed by atoms with Crippen molar-refractivity contribution >= 4 is 0 Å². The van der Waals surface area contributed by atoms with Gasteiger partial charge in [-0.2, -0.15) is 0 Å². The number of unbranched alkanes of at least 4 members (excludes halogenated alkanes) is 7. The van der Waals surface area contributed by atoms with Crippen molar-refractivity contribution < 1.29 is 9.13 Å². The van der Waals surface area contributed by atoms with E-state index in [1.165, 1.54) is 44.6 Å². The summed E-state index contributed by atoms with van der Waals surface area (Å²) in [6.45, 7) is 6.54. The van der Waals surface area contributed by atoms with E-state index >= 15 is 0 Å². The van der Waals surface area contributed by atoms with Crippen LogP contribution in [0.5, 0.6) is 5.75 Å². The van der Waals surface area contributed by atoms with E-state index in [1.54, 1.807) is 6.07 Å². The summed E-state index contributed by atoms with van der Waals surface area (Å²) >= 11 is 0. The highest BCUT2D eigenvalue weighted by Crippen LogP contribution is 2.25. The summed E-state index contributed by atoms with van der Waals surface area (Å²) in [7, 11) is 0. The molecule has 2 rings (SSSR count). The van der Waals surface area contributed by atoms with Gasteiger partial charge in [0.15, 0.2) is 11.6 Å². The highest BCUT2D eigenvalue weighted by Gasteiger charge is 2.07. The zero-order chi connectivity index (χ0) is 20.0. The molecule has 1 aromatic carbocycles. The third-order valence-corrected chi connectivity index (χ3v) is 4.94. The lowest BCUT2D eigenvalue weighted by Crippen LogP contribution is -1.99. The molecule has 0 unspecified atom stereocenters. The Labute approximate surface area is 169 Å². The van der Waals surface area contributed by atoms with Crippen molar-refractivity contribution in [1.82, 2.24) is 4.98 Å². The molecule has 2 nitrogen and oxygen atoms in total. The maximum absolute atomic E-state index is 14.4. The number of nitrogens with zero attached hydrogens (tertiary/aromatic N) is 1. The molecule has 1 aromatic heterocycles. The van der Waals surface area contributed by atoms with Gasteiger partial charge in [0, 0.05) is 11.8 Å². The maximum Gasteiger partial charge on any atom is 0.165 e. The summed E-state index contributed by atoms with van der Waals surface area (Å²) in [4.78, 5) is 4.45. The second kappa shape index (κ2) is 13.1. The Morgan fingerprint density at radius 3 is 2.39 bits per heavy atom. The first-order chi connectivity index (χ1) is 13.7. The number of halogens is 1. The average molecular weight is 384 g/mol. The first-order valence-electron chi connectivity index (χ1n) is 10.7. The Balaban J connectivity index is 1.75. The number of aromatic nitrogens is 1. The highest BCUT2D eigenvalue weighted by molar-refractivity contribution is 5.60. The van der Waals surface area contributed by atoms with E-state index in [4.69, 9.17) is 4.74 Å². The van der Waals surface area contributed by atoms with Gasteiger partial charge < -0.3 is 4.74 Å². The van der Waals surface area contributed by atoms with Gasteiger partial charge in [-0.25, -0.2) is 4.39 Å².